The fourth-order valence-electron chi connectivity index (χ4n) is 3.17. The van der Waals surface area contributed by atoms with Gasteiger partial charge >= 0.3 is 0 Å². The molecule has 5 heteroatoms. The molecule has 1 aromatic rings. The number of nitrogens with zero attached hydrogens (tertiary/aromatic N) is 1. The van der Waals surface area contributed by atoms with Gasteiger partial charge in [0.25, 0.3) is 11.7 Å². The maximum atomic E-state index is 12.2. The number of hydrogen-bond donors (Lipinski definition) is 0. The number of carbonyl (C=O) groups excluding carboxylic acids is 2. The number of benzene rings is 1. The molecule has 3 rings (SSSR count). The first-order valence-corrected chi connectivity index (χ1v) is 8.15. The summed E-state index contributed by atoms with van der Waals surface area (Å²) in [4.78, 5) is 25.9. The number of hydrogen-bond acceptors (Lipinski definition) is 3. The van der Waals surface area contributed by atoms with Crippen molar-refractivity contribution in [1.29, 1.82) is 0 Å². The molecule has 1 amide bonds. The van der Waals surface area contributed by atoms with Crippen molar-refractivity contribution in [2.24, 2.45) is 0 Å². The summed E-state index contributed by atoms with van der Waals surface area (Å²) in [6.45, 7) is 3.37. The van der Waals surface area contributed by atoms with Crippen LogP contribution in [0.3, 0.4) is 0 Å². The summed E-state index contributed by atoms with van der Waals surface area (Å²) < 4.78 is 6.43. The Morgan fingerprint density at radius 3 is 2.90 bits per heavy atom. The van der Waals surface area contributed by atoms with Crippen molar-refractivity contribution >= 4 is 33.3 Å². The number of amides is 1. The second-order valence-corrected chi connectivity index (χ2v) is 6.60. The number of ketones is 1. The Bertz CT molecular complexity index is 593. The molecule has 2 aliphatic heterocycles. The first kappa shape index (κ1) is 14.7. The van der Waals surface area contributed by atoms with Crippen molar-refractivity contribution in [3.05, 3.63) is 27.7 Å². The Labute approximate surface area is 132 Å². The highest BCUT2D eigenvalue weighted by Gasteiger charge is 2.36. The number of aryl methyl sites for hydroxylation is 1. The molecule has 0 aromatic heterocycles. The molecule has 1 unspecified atom stereocenters. The number of ether oxygens (including phenoxy) is 1. The average Bonchev–Trinajstić information content (AvgIpc) is 3.02. The monoisotopic (exact) mass is 351 g/mol. The Kier molecular flexibility index (Phi) is 4.13. The van der Waals surface area contributed by atoms with Crippen LogP contribution in [0.1, 0.15) is 41.6 Å². The number of carbonyl (C=O) groups is 2. The summed E-state index contributed by atoms with van der Waals surface area (Å²) in [6.07, 6.45) is 4.36. The molecule has 112 valence electrons. The van der Waals surface area contributed by atoms with Crippen LogP contribution < -0.4 is 4.90 Å². The van der Waals surface area contributed by atoms with Gasteiger partial charge in [0.15, 0.2) is 0 Å². The predicted octanol–water partition coefficient (Wildman–Crippen LogP) is 3.25. The summed E-state index contributed by atoms with van der Waals surface area (Å²) in [5.41, 5.74) is 2.25. The molecule has 2 heterocycles. The van der Waals surface area contributed by atoms with E-state index in [1.807, 2.05) is 13.0 Å². The number of halogens is 1. The zero-order valence-electron chi connectivity index (χ0n) is 12.0. The van der Waals surface area contributed by atoms with Gasteiger partial charge < -0.3 is 9.64 Å². The second kappa shape index (κ2) is 5.89. The lowest BCUT2D eigenvalue weighted by Gasteiger charge is -2.19. The van der Waals surface area contributed by atoms with E-state index in [2.05, 4.69) is 15.9 Å². The smallest absolute Gasteiger partial charge is 0.299 e. The van der Waals surface area contributed by atoms with Gasteiger partial charge in [-0.2, -0.15) is 0 Å². The van der Waals surface area contributed by atoms with Crippen LogP contribution in [0.5, 0.6) is 0 Å². The Morgan fingerprint density at radius 1 is 1.38 bits per heavy atom. The summed E-state index contributed by atoms with van der Waals surface area (Å²) >= 11 is 3.38. The molecule has 21 heavy (non-hydrogen) atoms. The van der Waals surface area contributed by atoms with Gasteiger partial charge in [-0.25, -0.2) is 0 Å². The molecular formula is C16H18BrNO3. The van der Waals surface area contributed by atoms with E-state index in [0.717, 1.165) is 48.0 Å². The standard InChI is InChI=1S/C16H18BrNO3/c1-10-8-11(17)9-13-14(10)18(16(20)15(13)19)6-2-4-12-5-3-7-21-12/h8-9,12H,2-7H2,1H3. The van der Waals surface area contributed by atoms with Crippen LogP contribution in [0.15, 0.2) is 16.6 Å². The molecule has 0 saturated carbocycles. The van der Waals surface area contributed by atoms with Crippen molar-refractivity contribution in [1.82, 2.24) is 0 Å². The third kappa shape index (κ3) is 2.77. The minimum Gasteiger partial charge on any atom is -0.378 e. The molecule has 1 saturated heterocycles. The van der Waals surface area contributed by atoms with Crippen molar-refractivity contribution < 1.29 is 14.3 Å². The number of Topliss-reactive ketones (excluding diaryl/α,β-unsaturated/α-hetero) is 1. The molecule has 0 bridgehead atoms. The Morgan fingerprint density at radius 2 is 2.19 bits per heavy atom. The lowest BCUT2D eigenvalue weighted by molar-refractivity contribution is -0.114. The van der Waals surface area contributed by atoms with Crippen LogP contribution in [-0.4, -0.2) is 30.9 Å². The Balaban J connectivity index is 1.74. The third-order valence-corrected chi connectivity index (χ3v) is 4.61. The predicted molar refractivity (Wildman–Crippen MR) is 83.8 cm³/mol. The van der Waals surface area contributed by atoms with Crippen LogP contribution >= 0.6 is 15.9 Å². The summed E-state index contributed by atoms with van der Waals surface area (Å²) in [5.74, 6) is -0.801. The van der Waals surface area contributed by atoms with Gasteiger partial charge in [-0.1, -0.05) is 15.9 Å². The topological polar surface area (TPSA) is 46.6 Å². The van der Waals surface area contributed by atoms with Crippen LogP contribution in [0, 0.1) is 6.92 Å². The molecule has 0 spiro atoms. The molecule has 1 aromatic carbocycles. The number of anilines is 1. The SMILES string of the molecule is Cc1cc(Br)cc2c1N(CCCC1CCCO1)C(=O)C2=O. The molecule has 0 radical (unpaired) electrons. The van der Waals surface area contributed by atoms with Crippen molar-refractivity contribution in [3.8, 4) is 0 Å². The van der Waals surface area contributed by atoms with Gasteiger partial charge in [-0.15, -0.1) is 0 Å². The van der Waals surface area contributed by atoms with Gasteiger partial charge in [0.2, 0.25) is 0 Å². The van der Waals surface area contributed by atoms with Gasteiger partial charge in [0, 0.05) is 17.6 Å². The highest BCUT2D eigenvalue weighted by Crippen LogP contribution is 2.35. The summed E-state index contributed by atoms with van der Waals surface area (Å²) in [6, 6.07) is 3.68. The van der Waals surface area contributed by atoms with Crippen LogP contribution in [0.4, 0.5) is 5.69 Å². The lowest BCUT2D eigenvalue weighted by Crippen LogP contribution is -2.31. The maximum Gasteiger partial charge on any atom is 0.299 e. The van der Waals surface area contributed by atoms with Gasteiger partial charge in [0.05, 0.1) is 17.4 Å². The van der Waals surface area contributed by atoms with E-state index < -0.39 is 11.7 Å². The van der Waals surface area contributed by atoms with E-state index in [4.69, 9.17) is 4.74 Å². The van der Waals surface area contributed by atoms with Crippen LogP contribution in [-0.2, 0) is 9.53 Å². The molecule has 1 atom stereocenters. The van der Waals surface area contributed by atoms with Crippen LogP contribution in [0.25, 0.3) is 0 Å². The van der Waals surface area contributed by atoms with E-state index in [1.165, 1.54) is 0 Å². The minimum absolute atomic E-state index is 0.323. The fraction of sp³-hybridized carbons (Fsp3) is 0.500. The van der Waals surface area contributed by atoms with Crippen LogP contribution in [0.2, 0.25) is 0 Å². The summed E-state index contributed by atoms with van der Waals surface area (Å²) in [5, 5.41) is 0. The van der Waals surface area contributed by atoms with E-state index in [1.54, 1.807) is 11.0 Å². The van der Waals surface area contributed by atoms with Crippen molar-refractivity contribution in [3.63, 3.8) is 0 Å². The fourth-order valence-corrected chi connectivity index (χ4v) is 3.74. The Hall–Kier alpha value is -1.20. The lowest BCUT2D eigenvalue weighted by atomic mass is 10.1. The molecule has 4 nitrogen and oxygen atoms in total. The third-order valence-electron chi connectivity index (χ3n) is 4.15. The first-order valence-electron chi connectivity index (χ1n) is 7.36. The quantitative estimate of drug-likeness (QED) is 0.782. The normalized spacial score (nSPS) is 21.2. The maximum absolute atomic E-state index is 12.2. The molecule has 2 aliphatic rings. The van der Waals surface area contributed by atoms with Gasteiger partial charge in [0.1, 0.15) is 0 Å². The van der Waals surface area contributed by atoms with E-state index in [9.17, 15) is 9.59 Å². The molecule has 0 aliphatic carbocycles. The van der Waals surface area contributed by atoms with Crippen molar-refractivity contribution in [2.75, 3.05) is 18.1 Å². The highest BCUT2D eigenvalue weighted by atomic mass is 79.9. The second-order valence-electron chi connectivity index (χ2n) is 5.68. The van der Waals surface area contributed by atoms with Gasteiger partial charge in [-0.3, -0.25) is 9.59 Å². The minimum atomic E-state index is -0.404. The average molecular weight is 352 g/mol. The molecule has 1 fully saturated rings. The largest absolute Gasteiger partial charge is 0.378 e. The number of rotatable bonds is 4. The van der Waals surface area contributed by atoms with Gasteiger partial charge in [-0.05, 0) is 50.3 Å². The zero-order chi connectivity index (χ0) is 15.0. The van der Waals surface area contributed by atoms with E-state index in [0.29, 0.717) is 18.2 Å². The van der Waals surface area contributed by atoms with E-state index in [-0.39, 0.29) is 0 Å². The number of fused-ring (bicyclic) bond motifs is 1. The highest BCUT2D eigenvalue weighted by molar-refractivity contribution is 9.10. The van der Waals surface area contributed by atoms with Crippen molar-refractivity contribution in [2.45, 2.75) is 38.7 Å². The molecule has 0 N–H and O–H groups in total. The summed E-state index contributed by atoms with van der Waals surface area (Å²) in [7, 11) is 0. The molecular weight excluding hydrogens is 334 g/mol. The van der Waals surface area contributed by atoms with E-state index >= 15 is 0 Å². The first-order chi connectivity index (χ1) is 10.1. The zero-order valence-corrected chi connectivity index (χ0v) is 13.6.